The van der Waals surface area contributed by atoms with Gasteiger partial charge in [0.1, 0.15) is 0 Å². The molecule has 0 bridgehead atoms. The molecule has 2 aromatic heterocycles. The third kappa shape index (κ3) is 4.79. The van der Waals surface area contributed by atoms with Crippen molar-refractivity contribution in [2.45, 2.75) is 13.1 Å². The molecule has 4 rings (SSSR count). The Hall–Kier alpha value is -4.41. The second kappa shape index (κ2) is 9.09. The minimum atomic E-state index is -4.77. The van der Waals surface area contributed by atoms with Crippen LogP contribution in [0.15, 0.2) is 54.6 Å². The summed E-state index contributed by atoms with van der Waals surface area (Å²) in [6, 6.07) is 12.7. The average molecular weight is 484 g/mol. The standard InChI is InChI=1S/C24H19F3N4O4/c1-13(32)14-4-7-16(8-5-14)28-23(33)18-12-22-29-17(11-21(24(25,26)27)31(22)30-18)15-6-9-19(34-2)20(10-15)35-3/h4-12H,1-3H3,(H,28,33). The van der Waals surface area contributed by atoms with Crippen LogP contribution in [0, 0.1) is 0 Å². The maximum Gasteiger partial charge on any atom is 0.433 e. The number of halogens is 3. The van der Waals surface area contributed by atoms with Gasteiger partial charge in [-0.15, -0.1) is 0 Å². The van der Waals surface area contributed by atoms with Gasteiger partial charge in [-0.05, 0) is 55.5 Å². The summed E-state index contributed by atoms with van der Waals surface area (Å²) in [5, 5.41) is 6.39. The zero-order valence-electron chi connectivity index (χ0n) is 18.8. The van der Waals surface area contributed by atoms with Crippen molar-refractivity contribution in [3.63, 3.8) is 0 Å². The first kappa shape index (κ1) is 23.7. The number of nitrogens with zero attached hydrogens (tertiary/aromatic N) is 3. The van der Waals surface area contributed by atoms with E-state index in [-0.39, 0.29) is 22.8 Å². The third-order valence-corrected chi connectivity index (χ3v) is 5.18. The summed E-state index contributed by atoms with van der Waals surface area (Å²) in [7, 11) is 2.86. The maximum atomic E-state index is 13.9. The normalized spacial score (nSPS) is 11.4. The molecular weight excluding hydrogens is 465 g/mol. The number of rotatable bonds is 6. The Labute approximate surface area is 197 Å². The number of ketones is 1. The highest BCUT2D eigenvalue weighted by Gasteiger charge is 2.35. The predicted octanol–water partition coefficient (Wildman–Crippen LogP) is 4.89. The second-order valence-electron chi connectivity index (χ2n) is 7.48. The zero-order valence-corrected chi connectivity index (χ0v) is 18.8. The van der Waals surface area contributed by atoms with E-state index in [9.17, 15) is 22.8 Å². The molecule has 0 fully saturated rings. The van der Waals surface area contributed by atoms with Gasteiger partial charge in [0, 0.05) is 22.9 Å². The lowest BCUT2D eigenvalue weighted by Gasteiger charge is -2.12. The molecule has 0 spiro atoms. The van der Waals surface area contributed by atoms with Gasteiger partial charge in [0.25, 0.3) is 5.91 Å². The fourth-order valence-corrected chi connectivity index (χ4v) is 3.41. The molecule has 0 unspecified atom stereocenters. The number of hydrogen-bond donors (Lipinski definition) is 1. The number of alkyl halides is 3. The number of benzene rings is 2. The highest BCUT2D eigenvalue weighted by Crippen LogP contribution is 2.35. The summed E-state index contributed by atoms with van der Waals surface area (Å²) in [6.07, 6.45) is -4.77. The molecule has 0 atom stereocenters. The van der Waals surface area contributed by atoms with Gasteiger partial charge in [0.15, 0.2) is 34.3 Å². The van der Waals surface area contributed by atoms with Crippen LogP contribution < -0.4 is 14.8 Å². The summed E-state index contributed by atoms with van der Waals surface area (Å²) in [5.74, 6) is -0.135. The summed E-state index contributed by atoms with van der Waals surface area (Å²) >= 11 is 0. The second-order valence-corrected chi connectivity index (χ2v) is 7.48. The van der Waals surface area contributed by atoms with Crippen LogP contribution in [0.1, 0.15) is 33.5 Å². The van der Waals surface area contributed by atoms with Crippen molar-refractivity contribution >= 4 is 23.0 Å². The van der Waals surface area contributed by atoms with Crippen molar-refractivity contribution in [2.24, 2.45) is 0 Å². The van der Waals surface area contributed by atoms with Crippen LogP contribution in [0.3, 0.4) is 0 Å². The van der Waals surface area contributed by atoms with Crippen molar-refractivity contribution < 1.29 is 32.2 Å². The molecular formula is C24H19F3N4O4. The lowest BCUT2D eigenvalue weighted by atomic mass is 10.1. The highest BCUT2D eigenvalue weighted by atomic mass is 19.4. The van der Waals surface area contributed by atoms with E-state index in [4.69, 9.17) is 9.47 Å². The first-order valence-electron chi connectivity index (χ1n) is 10.2. The number of Topliss-reactive ketones (excluding diaryl/α,β-unsaturated/α-hetero) is 1. The Morgan fingerprint density at radius 1 is 0.943 bits per heavy atom. The Morgan fingerprint density at radius 3 is 2.23 bits per heavy atom. The molecule has 4 aromatic rings. The minimum Gasteiger partial charge on any atom is -0.493 e. The van der Waals surface area contributed by atoms with Gasteiger partial charge in [-0.25, -0.2) is 9.50 Å². The van der Waals surface area contributed by atoms with Gasteiger partial charge in [0.2, 0.25) is 0 Å². The Balaban J connectivity index is 1.74. The topological polar surface area (TPSA) is 94.8 Å². The molecule has 35 heavy (non-hydrogen) atoms. The number of hydrogen-bond acceptors (Lipinski definition) is 6. The van der Waals surface area contributed by atoms with Gasteiger partial charge in [-0.3, -0.25) is 9.59 Å². The third-order valence-electron chi connectivity index (χ3n) is 5.18. The molecule has 2 heterocycles. The van der Waals surface area contributed by atoms with Gasteiger partial charge >= 0.3 is 6.18 Å². The van der Waals surface area contributed by atoms with Gasteiger partial charge in [-0.2, -0.15) is 18.3 Å². The highest BCUT2D eigenvalue weighted by molar-refractivity contribution is 6.04. The van der Waals surface area contributed by atoms with Crippen molar-refractivity contribution in [2.75, 3.05) is 19.5 Å². The number of carbonyl (C=O) groups excluding carboxylic acids is 2. The molecule has 1 N–H and O–H groups in total. The molecule has 2 aromatic carbocycles. The van der Waals surface area contributed by atoms with E-state index in [0.717, 1.165) is 6.07 Å². The summed E-state index contributed by atoms with van der Waals surface area (Å²) in [5.41, 5.74) is -0.350. The van der Waals surface area contributed by atoms with E-state index in [2.05, 4.69) is 15.4 Å². The molecule has 0 radical (unpaired) electrons. The number of carbonyl (C=O) groups is 2. The van der Waals surface area contributed by atoms with Crippen molar-refractivity contribution in [1.29, 1.82) is 0 Å². The van der Waals surface area contributed by atoms with Crippen LogP contribution in [0.5, 0.6) is 11.5 Å². The van der Waals surface area contributed by atoms with E-state index in [1.54, 1.807) is 12.1 Å². The summed E-state index contributed by atoms with van der Waals surface area (Å²) < 4.78 is 52.6. The van der Waals surface area contributed by atoms with E-state index in [1.165, 1.54) is 57.5 Å². The molecule has 0 saturated heterocycles. The van der Waals surface area contributed by atoms with Crippen molar-refractivity contribution in [3.05, 3.63) is 71.5 Å². The van der Waals surface area contributed by atoms with Gasteiger partial charge < -0.3 is 14.8 Å². The number of anilines is 1. The monoisotopic (exact) mass is 484 g/mol. The van der Waals surface area contributed by atoms with Gasteiger partial charge in [-0.1, -0.05) is 0 Å². The number of aromatic nitrogens is 3. The SMILES string of the molecule is COc1ccc(-c2cc(C(F)(F)F)n3nc(C(=O)Nc4ccc(C(C)=O)cc4)cc3n2)cc1OC. The van der Waals surface area contributed by atoms with Crippen LogP contribution in [0.4, 0.5) is 18.9 Å². The zero-order chi connectivity index (χ0) is 25.3. The van der Waals surface area contributed by atoms with E-state index in [1.807, 2.05) is 0 Å². The fraction of sp³-hybridized carbons (Fsp3) is 0.167. The lowest BCUT2D eigenvalue weighted by Crippen LogP contribution is -2.15. The Morgan fingerprint density at radius 2 is 1.63 bits per heavy atom. The Bertz CT molecular complexity index is 1430. The van der Waals surface area contributed by atoms with E-state index >= 15 is 0 Å². The van der Waals surface area contributed by atoms with Gasteiger partial charge in [0.05, 0.1) is 19.9 Å². The molecule has 0 saturated carbocycles. The van der Waals surface area contributed by atoms with Crippen LogP contribution in [0.25, 0.3) is 16.9 Å². The molecule has 8 nitrogen and oxygen atoms in total. The molecule has 11 heteroatoms. The quantitative estimate of drug-likeness (QED) is 0.392. The average Bonchev–Trinajstić information content (AvgIpc) is 3.27. The largest absolute Gasteiger partial charge is 0.493 e. The van der Waals surface area contributed by atoms with E-state index < -0.39 is 17.8 Å². The summed E-state index contributed by atoms with van der Waals surface area (Å²) in [6.45, 7) is 1.41. The van der Waals surface area contributed by atoms with Crippen molar-refractivity contribution in [1.82, 2.24) is 14.6 Å². The minimum absolute atomic E-state index is 0.0115. The molecule has 0 aliphatic carbocycles. The van der Waals surface area contributed by atoms with Crippen LogP contribution in [-0.2, 0) is 6.18 Å². The molecule has 180 valence electrons. The fourth-order valence-electron chi connectivity index (χ4n) is 3.41. The number of fused-ring (bicyclic) bond motifs is 1. The van der Waals surface area contributed by atoms with Crippen molar-refractivity contribution in [3.8, 4) is 22.8 Å². The Kier molecular flexibility index (Phi) is 6.16. The predicted molar refractivity (Wildman–Crippen MR) is 121 cm³/mol. The first-order valence-corrected chi connectivity index (χ1v) is 10.2. The number of methoxy groups -OCH3 is 2. The summed E-state index contributed by atoms with van der Waals surface area (Å²) in [4.78, 5) is 28.4. The number of ether oxygens (including phenoxy) is 2. The maximum absolute atomic E-state index is 13.9. The number of nitrogens with one attached hydrogen (secondary N) is 1. The molecule has 0 aliphatic rings. The van der Waals surface area contributed by atoms with E-state index in [0.29, 0.717) is 32.8 Å². The molecule has 0 aliphatic heterocycles. The van der Waals surface area contributed by atoms with Crippen LogP contribution in [-0.4, -0.2) is 40.5 Å². The van der Waals surface area contributed by atoms with Crippen LogP contribution in [0.2, 0.25) is 0 Å². The molecule has 1 amide bonds. The first-order chi connectivity index (χ1) is 16.6. The lowest BCUT2D eigenvalue weighted by molar-refractivity contribution is -0.142. The van der Waals surface area contributed by atoms with Crippen LogP contribution >= 0.6 is 0 Å². The number of amides is 1. The smallest absolute Gasteiger partial charge is 0.433 e.